The molecule has 0 atom stereocenters. The Morgan fingerprint density at radius 1 is 0.632 bits per heavy atom. The van der Waals surface area contributed by atoms with Crippen LogP contribution in [-0.2, 0) is 22.6 Å². The molecule has 0 saturated carbocycles. The van der Waals surface area contributed by atoms with Crippen molar-refractivity contribution in [1.82, 2.24) is 19.1 Å². The van der Waals surface area contributed by atoms with Gasteiger partial charge in [-0.1, -0.05) is 24.3 Å². The van der Waals surface area contributed by atoms with Crippen LogP contribution in [0.2, 0.25) is 0 Å². The lowest BCUT2D eigenvalue weighted by molar-refractivity contribution is 0.101. The molecule has 0 radical (unpaired) electrons. The number of aryl methyl sites for hydroxylation is 2. The maximum absolute atomic E-state index is 13.0. The monoisotopic (exact) mass is 944 g/mol. The number of benzene rings is 4. The Kier molecular flexibility index (Phi) is 14.7. The summed E-state index contributed by atoms with van der Waals surface area (Å²) in [6.07, 6.45) is -4.11. The minimum absolute atomic E-state index is 0.0601. The van der Waals surface area contributed by atoms with Crippen molar-refractivity contribution in [2.24, 2.45) is 0 Å². The van der Waals surface area contributed by atoms with Gasteiger partial charge in [-0.3, -0.25) is 30.0 Å². The molecule has 6 aromatic rings. The number of rotatable bonds is 14. The van der Waals surface area contributed by atoms with Crippen LogP contribution in [0.15, 0.2) is 84.9 Å². The highest BCUT2D eigenvalue weighted by atomic mass is 19.3. The summed E-state index contributed by atoms with van der Waals surface area (Å²) in [5, 5.41) is 24.1. The van der Waals surface area contributed by atoms with E-state index >= 15 is 0 Å². The van der Waals surface area contributed by atoms with Crippen LogP contribution in [0, 0.1) is 0 Å². The number of cyclic esters (lactones) is 2. The topological polar surface area (TPSA) is 193 Å². The van der Waals surface area contributed by atoms with Crippen molar-refractivity contribution in [2.75, 3.05) is 46.9 Å². The molecule has 2 saturated heterocycles. The third kappa shape index (κ3) is 10.6. The van der Waals surface area contributed by atoms with Crippen molar-refractivity contribution in [2.45, 2.75) is 90.4 Å². The van der Waals surface area contributed by atoms with Crippen LogP contribution >= 0.6 is 0 Å². The van der Waals surface area contributed by atoms with Gasteiger partial charge in [-0.25, -0.2) is 37.1 Å². The number of hydrogen-bond donors (Lipinski definition) is 4. The van der Waals surface area contributed by atoms with E-state index in [4.69, 9.17) is 9.47 Å². The van der Waals surface area contributed by atoms with Gasteiger partial charge in [-0.05, 0) is 101 Å². The number of halogens is 4. The first-order chi connectivity index (χ1) is 32.4. The Morgan fingerprint density at radius 3 is 1.56 bits per heavy atom. The van der Waals surface area contributed by atoms with Gasteiger partial charge in [-0.15, -0.1) is 0 Å². The first kappa shape index (κ1) is 48.9. The molecule has 2 aliphatic rings. The first-order valence-electron chi connectivity index (χ1n) is 22.0. The number of carbonyl (C=O) groups excluding carboxylic acids is 4. The van der Waals surface area contributed by atoms with E-state index in [0.717, 1.165) is 12.1 Å². The van der Waals surface area contributed by atoms with Gasteiger partial charge < -0.3 is 28.8 Å². The molecule has 68 heavy (non-hydrogen) atoms. The number of hydrogen-bond acceptors (Lipinski definition) is 10. The minimum atomic E-state index is -2.69. The van der Waals surface area contributed by atoms with Crippen LogP contribution in [-0.4, -0.2) is 90.8 Å². The van der Waals surface area contributed by atoms with Gasteiger partial charge in [0.15, 0.2) is 0 Å². The van der Waals surface area contributed by atoms with E-state index in [1.807, 2.05) is 27.7 Å². The molecule has 4 heterocycles. The first-order valence-corrected chi connectivity index (χ1v) is 22.0. The van der Waals surface area contributed by atoms with E-state index in [-0.39, 0.29) is 47.4 Å². The third-order valence-electron chi connectivity index (χ3n) is 11.8. The van der Waals surface area contributed by atoms with E-state index in [1.165, 1.54) is 36.4 Å². The summed E-state index contributed by atoms with van der Waals surface area (Å²) in [4.78, 5) is 62.8. The molecule has 360 valence electrons. The molecule has 4 amide bonds. The largest absolute Gasteiger partial charge is 0.449 e. The summed E-state index contributed by atoms with van der Waals surface area (Å²) < 4.78 is 66.1. The number of fused-ring (bicyclic) bond motifs is 2. The van der Waals surface area contributed by atoms with Gasteiger partial charge in [0.1, 0.15) is 0 Å². The zero-order valence-electron chi connectivity index (χ0n) is 37.8. The van der Waals surface area contributed by atoms with Crippen LogP contribution in [0.4, 0.5) is 50.4 Å². The Balaban J connectivity index is 0.000000201. The van der Waals surface area contributed by atoms with Gasteiger partial charge in [0.05, 0.1) is 35.3 Å². The lowest BCUT2D eigenvalue weighted by Gasteiger charge is -2.41. The van der Waals surface area contributed by atoms with Gasteiger partial charge in [-0.2, -0.15) is 0 Å². The fraction of sp³-hybridized carbons (Fsp3) is 0.375. The number of aromatic nitrogens is 4. The molecule has 0 bridgehead atoms. The number of aliphatic hydroxyl groups excluding tert-OH is 2. The lowest BCUT2D eigenvalue weighted by Crippen LogP contribution is -2.52. The molecule has 4 aromatic carbocycles. The van der Waals surface area contributed by atoms with Crippen molar-refractivity contribution in [1.29, 1.82) is 0 Å². The molecule has 0 unspecified atom stereocenters. The summed E-state index contributed by atoms with van der Waals surface area (Å²) in [5.41, 5.74) is 2.43. The second-order valence-electron chi connectivity index (χ2n) is 17.5. The minimum Gasteiger partial charge on any atom is -0.449 e. The number of alkyl halides is 4. The fourth-order valence-electron chi connectivity index (χ4n) is 8.12. The highest BCUT2D eigenvalue weighted by molar-refractivity contribution is 6.05. The maximum Gasteiger partial charge on any atom is 0.414 e. The highest BCUT2D eigenvalue weighted by Crippen LogP contribution is 2.36. The van der Waals surface area contributed by atoms with E-state index in [9.17, 15) is 47.0 Å². The Bertz CT molecular complexity index is 2770. The van der Waals surface area contributed by atoms with E-state index in [0.29, 0.717) is 85.4 Å². The lowest BCUT2D eigenvalue weighted by atomic mass is 9.97. The van der Waals surface area contributed by atoms with Gasteiger partial charge in [0.2, 0.25) is 11.9 Å². The molecular formula is C48H52F4N8O8. The second-order valence-corrected chi connectivity index (χ2v) is 17.5. The number of nitrogens with zero attached hydrogens (tertiary/aromatic N) is 6. The normalized spacial score (nSPS) is 15.6. The van der Waals surface area contributed by atoms with Gasteiger partial charge >= 0.3 is 12.2 Å². The summed E-state index contributed by atoms with van der Waals surface area (Å²) >= 11 is 0. The number of imidazole rings is 2. The van der Waals surface area contributed by atoms with E-state index in [1.54, 1.807) is 55.3 Å². The van der Waals surface area contributed by atoms with Crippen LogP contribution in [0.5, 0.6) is 0 Å². The van der Waals surface area contributed by atoms with Gasteiger partial charge in [0.25, 0.3) is 24.7 Å². The zero-order chi connectivity index (χ0) is 48.9. The number of ether oxygens (including phenoxy) is 2. The highest BCUT2D eigenvalue weighted by Gasteiger charge is 2.39. The molecule has 4 N–H and O–H groups in total. The predicted octanol–water partition coefficient (Wildman–Crippen LogP) is 9.47. The van der Waals surface area contributed by atoms with Crippen molar-refractivity contribution in [3.63, 3.8) is 0 Å². The van der Waals surface area contributed by atoms with Crippen LogP contribution in [0.3, 0.4) is 0 Å². The summed E-state index contributed by atoms with van der Waals surface area (Å²) in [5.74, 6) is -0.727. The smallest absolute Gasteiger partial charge is 0.414 e. The summed E-state index contributed by atoms with van der Waals surface area (Å²) in [6.45, 7) is 9.11. The number of aliphatic hydroxyl groups is 2. The Hall–Kier alpha value is -7.06. The Morgan fingerprint density at radius 2 is 1.09 bits per heavy atom. The second kappa shape index (κ2) is 20.4. The number of amides is 4. The van der Waals surface area contributed by atoms with Crippen LogP contribution < -0.4 is 20.4 Å². The molecule has 2 fully saturated rings. The van der Waals surface area contributed by atoms with Gasteiger partial charge in [0, 0.05) is 83.9 Å². The molecule has 0 spiro atoms. The van der Waals surface area contributed by atoms with E-state index in [2.05, 4.69) is 20.6 Å². The maximum atomic E-state index is 13.0. The number of anilines is 4. The standard InChI is InChI=1S/2C24H26F2N4O4/c1-24(2)9-12-34-23(33)30(24)17-7-8-19-18(14-17)27-22(29(19)10-4-11-31)28-21(32)16-6-3-5-15(13-16)20(25)26;1-24(2)9-12-34-23(33)30(24)17-7-8-18-19(14-17)29(10-4-11-31)22(27-18)28-21(32)16-6-3-5-15(13-16)20(25)26/h2*3,5-8,13-14,20,31H,4,9-12H2,1-2H3,(H,27,28,32). The molecular weight excluding hydrogens is 893 g/mol. The molecule has 20 heteroatoms. The van der Waals surface area contributed by atoms with Crippen molar-refractivity contribution < 1.29 is 56.4 Å². The fourth-order valence-corrected chi connectivity index (χ4v) is 8.12. The quantitative estimate of drug-likeness (QED) is 0.0765. The summed E-state index contributed by atoms with van der Waals surface area (Å²) in [7, 11) is 0. The average molecular weight is 945 g/mol. The van der Waals surface area contributed by atoms with Crippen LogP contribution in [0.1, 0.15) is 98.1 Å². The number of carbonyl (C=O) groups is 4. The van der Waals surface area contributed by atoms with Crippen LogP contribution in [0.25, 0.3) is 22.1 Å². The summed E-state index contributed by atoms with van der Waals surface area (Å²) in [6, 6.07) is 21.1. The SMILES string of the molecule is CC1(C)CCOC(=O)N1c1ccc2c(c1)nc(NC(=O)c1cccc(C(F)F)c1)n2CCCO.CC1(C)CCOC(=O)N1c1ccc2nc(NC(=O)c3cccc(C(F)F)c3)n(CCCO)c2c1. The molecule has 8 rings (SSSR count). The number of nitrogens with one attached hydrogen (secondary N) is 2. The molecule has 2 aromatic heterocycles. The molecule has 0 aliphatic carbocycles. The van der Waals surface area contributed by atoms with Crippen molar-refractivity contribution in [3.05, 3.63) is 107 Å². The predicted molar refractivity (Wildman–Crippen MR) is 247 cm³/mol. The average Bonchev–Trinajstić information content (AvgIpc) is 3.82. The van der Waals surface area contributed by atoms with Crippen molar-refractivity contribution >= 4 is 69.3 Å². The Labute approximate surface area is 388 Å². The zero-order valence-corrected chi connectivity index (χ0v) is 37.8. The van der Waals surface area contributed by atoms with E-state index < -0.39 is 47.9 Å². The molecule has 16 nitrogen and oxygen atoms in total. The third-order valence-corrected chi connectivity index (χ3v) is 11.8. The van der Waals surface area contributed by atoms with Crippen molar-refractivity contribution in [3.8, 4) is 0 Å². The molecule has 2 aliphatic heterocycles.